The fourth-order valence-corrected chi connectivity index (χ4v) is 2.26. The molecule has 0 aliphatic rings. The normalized spacial score (nSPS) is 11.5. The zero-order valence-electron chi connectivity index (χ0n) is 6.57. The van der Waals surface area contributed by atoms with Crippen LogP contribution in [-0.2, 0) is 9.84 Å². The van der Waals surface area contributed by atoms with E-state index in [0.717, 1.165) is 18.3 Å². The minimum Gasteiger partial charge on any atom is -0.242 e. The summed E-state index contributed by atoms with van der Waals surface area (Å²) in [5, 5.41) is -0.144. The van der Waals surface area contributed by atoms with E-state index in [9.17, 15) is 12.8 Å². The van der Waals surface area contributed by atoms with Gasteiger partial charge in [0, 0.05) is 5.88 Å². The van der Waals surface area contributed by atoms with Crippen molar-refractivity contribution < 1.29 is 12.8 Å². The Kier molecular flexibility index (Phi) is 3.22. The van der Waals surface area contributed by atoms with E-state index >= 15 is 0 Å². The molecule has 0 unspecified atom stereocenters. The first-order chi connectivity index (χ1) is 6.06. The third-order valence-electron chi connectivity index (χ3n) is 1.36. The summed E-state index contributed by atoms with van der Waals surface area (Å²) in [4.78, 5) is 3.45. The molecule has 0 saturated heterocycles. The molecule has 1 aromatic rings. The van der Waals surface area contributed by atoms with Crippen molar-refractivity contribution in [3.05, 3.63) is 24.1 Å². The number of aromatic nitrogens is 1. The number of nitrogens with zero attached hydrogens (tertiary/aromatic N) is 1. The van der Waals surface area contributed by atoms with Crippen LogP contribution in [-0.4, -0.2) is 25.0 Å². The zero-order valence-corrected chi connectivity index (χ0v) is 8.15. The quantitative estimate of drug-likeness (QED) is 0.725. The fourth-order valence-electron chi connectivity index (χ4n) is 0.752. The Bertz CT molecular complexity index is 376. The lowest BCUT2D eigenvalue weighted by atomic mass is 10.5. The van der Waals surface area contributed by atoms with Crippen LogP contribution < -0.4 is 0 Å². The molecule has 13 heavy (non-hydrogen) atoms. The van der Waals surface area contributed by atoms with Gasteiger partial charge in [-0.1, -0.05) is 0 Å². The monoisotopic (exact) mass is 223 g/mol. The second-order valence-electron chi connectivity index (χ2n) is 2.32. The zero-order chi connectivity index (χ0) is 9.90. The molecule has 0 saturated carbocycles. The number of hydrogen-bond donors (Lipinski definition) is 0. The van der Waals surface area contributed by atoms with E-state index in [2.05, 4.69) is 4.98 Å². The van der Waals surface area contributed by atoms with Gasteiger partial charge in [-0.2, -0.15) is 0 Å². The summed E-state index contributed by atoms with van der Waals surface area (Å²) in [5.74, 6) is -0.751. The Labute approximate surface area is 80.5 Å². The van der Waals surface area contributed by atoms with Crippen molar-refractivity contribution in [1.29, 1.82) is 0 Å². The van der Waals surface area contributed by atoms with E-state index in [-0.39, 0.29) is 16.7 Å². The van der Waals surface area contributed by atoms with Gasteiger partial charge in [-0.05, 0) is 12.1 Å². The Morgan fingerprint density at radius 1 is 1.46 bits per heavy atom. The summed E-state index contributed by atoms with van der Waals surface area (Å²) in [7, 11) is -3.44. The highest BCUT2D eigenvalue weighted by Crippen LogP contribution is 2.08. The Morgan fingerprint density at radius 3 is 2.62 bits per heavy atom. The maximum atomic E-state index is 12.4. The number of rotatable bonds is 3. The van der Waals surface area contributed by atoms with Gasteiger partial charge >= 0.3 is 0 Å². The Balaban J connectivity index is 3.02. The predicted molar refractivity (Wildman–Crippen MR) is 47.0 cm³/mol. The number of sulfone groups is 1. The average molecular weight is 224 g/mol. The number of pyridine rings is 1. The molecule has 0 bridgehead atoms. The summed E-state index contributed by atoms with van der Waals surface area (Å²) in [5.41, 5.74) is 0. The van der Waals surface area contributed by atoms with Crippen LogP contribution in [0.25, 0.3) is 0 Å². The minimum atomic E-state index is -3.44. The first-order valence-electron chi connectivity index (χ1n) is 3.46. The second kappa shape index (κ2) is 4.02. The molecule has 0 amide bonds. The molecule has 1 rings (SSSR count). The highest BCUT2D eigenvalue weighted by molar-refractivity contribution is 7.91. The first-order valence-corrected chi connectivity index (χ1v) is 5.65. The standard InChI is InChI=1S/C7H7ClFNO2S/c8-3-4-13(11,12)7-2-1-6(9)5-10-7/h1-2,5H,3-4H2. The lowest BCUT2D eigenvalue weighted by Gasteiger charge is -1.99. The van der Waals surface area contributed by atoms with Gasteiger partial charge in [-0.25, -0.2) is 17.8 Å². The van der Waals surface area contributed by atoms with E-state index in [1.54, 1.807) is 0 Å². The molecule has 0 radical (unpaired) electrons. The van der Waals surface area contributed by atoms with Crippen LogP contribution in [0, 0.1) is 5.82 Å². The van der Waals surface area contributed by atoms with Gasteiger partial charge in [0.1, 0.15) is 5.82 Å². The molecule has 0 spiro atoms. The van der Waals surface area contributed by atoms with Gasteiger partial charge in [-0.15, -0.1) is 11.6 Å². The smallest absolute Gasteiger partial charge is 0.196 e. The summed E-state index contributed by atoms with van der Waals surface area (Å²) >= 11 is 5.29. The van der Waals surface area contributed by atoms with Crippen molar-refractivity contribution in [2.75, 3.05) is 11.6 Å². The van der Waals surface area contributed by atoms with E-state index in [0.29, 0.717) is 0 Å². The summed E-state index contributed by atoms with van der Waals surface area (Å²) < 4.78 is 34.9. The average Bonchev–Trinajstić information content (AvgIpc) is 2.05. The third kappa shape index (κ3) is 2.63. The van der Waals surface area contributed by atoms with E-state index in [1.807, 2.05) is 0 Å². The second-order valence-corrected chi connectivity index (χ2v) is 4.76. The molecule has 0 N–H and O–H groups in total. The predicted octanol–water partition coefficient (Wildman–Crippen LogP) is 1.23. The van der Waals surface area contributed by atoms with Gasteiger partial charge < -0.3 is 0 Å². The molecular weight excluding hydrogens is 217 g/mol. The maximum Gasteiger partial charge on any atom is 0.196 e. The highest BCUT2D eigenvalue weighted by atomic mass is 35.5. The van der Waals surface area contributed by atoms with Crippen molar-refractivity contribution >= 4 is 21.4 Å². The largest absolute Gasteiger partial charge is 0.242 e. The SMILES string of the molecule is O=S(=O)(CCCl)c1ccc(F)cn1. The first kappa shape index (κ1) is 10.4. The van der Waals surface area contributed by atoms with Crippen LogP contribution >= 0.6 is 11.6 Å². The van der Waals surface area contributed by atoms with Gasteiger partial charge in [0.05, 0.1) is 11.9 Å². The summed E-state index contributed by atoms with van der Waals surface area (Å²) in [6.45, 7) is 0. The van der Waals surface area contributed by atoms with Crippen LogP contribution in [0.1, 0.15) is 0 Å². The lowest BCUT2D eigenvalue weighted by molar-refractivity contribution is 0.589. The Morgan fingerprint density at radius 2 is 2.15 bits per heavy atom. The topological polar surface area (TPSA) is 47.0 Å². The molecular formula is C7H7ClFNO2S. The molecule has 0 atom stereocenters. The summed E-state index contributed by atoms with van der Waals surface area (Å²) in [6, 6.07) is 2.17. The van der Waals surface area contributed by atoms with Crippen molar-refractivity contribution in [2.45, 2.75) is 5.03 Å². The summed E-state index contributed by atoms with van der Waals surface area (Å²) in [6.07, 6.45) is 0.862. The molecule has 0 aliphatic carbocycles. The molecule has 1 heterocycles. The molecule has 72 valence electrons. The molecule has 6 heteroatoms. The van der Waals surface area contributed by atoms with Gasteiger partial charge in [0.25, 0.3) is 0 Å². The molecule has 1 aromatic heterocycles. The molecule has 0 aliphatic heterocycles. The van der Waals surface area contributed by atoms with Crippen molar-refractivity contribution in [2.24, 2.45) is 0 Å². The van der Waals surface area contributed by atoms with Crippen LogP contribution in [0.2, 0.25) is 0 Å². The van der Waals surface area contributed by atoms with Crippen LogP contribution in [0.3, 0.4) is 0 Å². The van der Waals surface area contributed by atoms with Gasteiger partial charge in [0.15, 0.2) is 14.9 Å². The third-order valence-corrected chi connectivity index (χ3v) is 3.40. The molecule has 0 fully saturated rings. The van der Waals surface area contributed by atoms with E-state index in [4.69, 9.17) is 11.6 Å². The number of halogens is 2. The maximum absolute atomic E-state index is 12.4. The van der Waals surface area contributed by atoms with E-state index in [1.165, 1.54) is 0 Å². The molecule has 3 nitrogen and oxygen atoms in total. The van der Waals surface area contributed by atoms with Crippen molar-refractivity contribution in [1.82, 2.24) is 4.98 Å². The van der Waals surface area contributed by atoms with Gasteiger partial charge in [0.2, 0.25) is 0 Å². The van der Waals surface area contributed by atoms with E-state index < -0.39 is 15.7 Å². The van der Waals surface area contributed by atoms with Crippen LogP contribution in [0.5, 0.6) is 0 Å². The fraction of sp³-hybridized carbons (Fsp3) is 0.286. The highest BCUT2D eigenvalue weighted by Gasteiger charge is 2.14. The van der Waals surface area contributed by atoms with Crippen LogP contribution in [0.15, 0.2) is 23.4 Å². The van der Waals surface area contributed by atoms with Gasteiger partial charge in [-0.3, -0.25) is 0 Å². The van der Waals surface area contributed by atoms with Crippen molar-refractivity contribution in [3.8, 4) is 0 Å². The lowest BCUT2D eigenvalue weighted by Crippen LogP contribution is -2.09. The molecule has 0 aromatic carbocycles. The number of alkyl halides is 1. The minimum absolute atomic E-state index is 0.00138. The number of hydrogen-bond acceptors (Lipinski definition) is 3. The Hall–Kier alpha value is -0.680. The van der Waals surface area contributed by atoms with Crippen LogP contribution in [0.4, 0.5) is 4.39 Å². The van der Waals surface area contributed by atoms with Crippen molar-refractivity contribution in [3.63, 3.8) is 0 Å².